The summed E-state index contributed by atoms with van der Waals surface area (Å²) in [6, 6.07) is -0.638. The molecular formula is C8H14N2O3. The largest absolute Gasteiger partial charge is 0.465 e. The monoisotopic (exact) mass is 186 g/mol. The summed E-state index contributed by atoms with van der Waals surface area (Å²) in [7, 11) is 0. The number of amides is 2. The number of likely N-dealkylation sites (tertiary alicyclic amines) is 1. The lowest BCUT2D eigenvalue weighted by atomic mass is 9.92. The molecule has 1 heterocycles. The molecule has 1 rings (SSSR count). The molecule has 3 N–H and O–H groups in total. The maximum atomic E-state index is 10.9. The first-order chi connectivity index (χ1) is 6.02. The molecule has 1 aliphatic heterocycles. The van der Waals surface area contributed by atoms with Crippen molar-refractivity contribution in [3.8, 4) is 0 Å². The average molecular weight is 186 g/mol. The Balaban J connectivity index is 2.72. The van der Waals surface area contributed by atoms with Gasteiger partial charge in [0.2, 0.25) is 5.91 Å². The number of primary amides is 1. The second kappa shape index (κ2) is 3.64. The number of piperidine rings is 1. The van der Waals surface area contributed by atoms with Crippen molar-refractivity contribution in [1.29, 1.82) is 0 Å². The Hall–Kier alpha value is -1.26. The van der Waals surface area contributed by atoms with E-state index >= 15 is 0 Å². The number of nitrogens with zero attached hydrogens (tertiary/aromatic N) is 1. The van der Waals surface area contributed by atoms with Crippen LogP contribution in [0.4, 0.5) is 4.79 Å². The summed E-state index contributed by atoms with van der Waals surface area (Å²) in [6.07, 6.45) is 0.285. The van der Waals surface area contributed by atoms with Gasteiger partial charge in [-0.1, -0.05) is 6.92 Å². The van der Waals surface area contributed by atoms with Gasteiger partial charge in [-0.25, -0.2) is 4.79 Å². The van der Waals surface area contributed by atoms with E-state index in [0.29, 0.717) is 18.9 Å². The number of hydrogen-bond donors (Lipinski definition) is 2. The first-order valence-corrected chi connectivity index (χ1v) is 4.31. The van der Waals surface area contributed by atoms with Crippen LogP contribution in [0.3, 0.4) is 0 Å². The van der Waals surface area contributed by atoms with Crippen LogP contribution in [-0.4, -0.2) is 34.6 Å². The van der Waals surface area contributed by atoms with Crippen LogP contribution < -0.4 is 5.73 Å². The highest BCUT2D eigenvalue weighted by Crippen LogP contribution is 2.22. The number of carboxylic acid groups (broad SMARTS) is 1. The predicted octanol–water partition coefficient (Wildman–Crippen LogP) is 0.250. The van der Waals surface area contributed by atoms with Crippen LogP contribution in [0, 0.1) is 5.92 Å². The highest BCUT2D eigenvalue weighted by atomic mass is 16.4. The van der Waals surface area contributed by atoms with Gasteiger partial charge in [0.15, 0.2) is 0 Å². The normalized spacial score (nSPS) is 28.5. The van der Waals surface area contributed by atoms with Crippen molar-refractivity contribution < 1.29 is 14.7 Å². The molecule has 0 saturated carbocycles. The summed E-state index contributed by atoms with van der Waals surface area (Å²) >= 11 is 0. The van der Waals surface area contributed by atoms with Crippen molar-refractivity contribution in [3.05, 3.63) is 0 Å². The molecule has 1 aliphatic rings. The molecule has 1 saturated heterocycles. The Morgan fingerprint density at radius 2 is 2.15 bits per heavy atom. The Labute approximate surface area is 76.5 Å². The minimum atomic E-state index is -1.06. The van der Waals surface area contributed by atoms with E-state index in [1.165, 1.54) is 0 Å². The molecule has 0 aromatic carbocycles. The molecule has 0 spiro atoms. The van der Waals surface area contributed by atoms with Crippen molar-refractivity contribution in [2.24, 2.45) is 11.7 Å². The minimum absolute atomic E-state index is 0.369. The lowest BCUT2D eigenvalue weighted by molar-refractivity contribution is -0.124. The smallest absolute Gasteiger partial charge is 0.407 e. The van der Waals surface area contributed by atoms with E-state index < -0.39 is 18.0 Å². The quantitative estimate of drug-likeness (QED) is 0.615. The molecular weight excluding hydrogens is 172 g/mol. The number of carbonyl (C=O) groups is 2. The van der Waals surface area contributed by atoms with Crippen LogP contribution in [0.1, 0.15) is 19.8 Å². The predicted molar refractivity (Wildman–Crippen MR) is 46.1 cm³/mol. The molecule has 2 atom stereocenters. The zero-order chi connectivity index (χ0) is 10.0. The zero-order valence-corrected chi connectivity index (χ0v) is 7.56. The molecule has 0 aromatic rings. The number of carbonyl (C=O) groups excluding carboxylic acids is 1. The van der Waals surface area contributed by atoms with Gasteiger partial charge in [-0.05, 0) is 18.8 Å². The first-order valence-electron chi connectivity index (χ1n) is 4.31. The van der Waals surface area contributed by atoms with Crippen molar-refractivity contribution in [2.45, 2.75) is 25.8 Å². The van der Waals surface area contributed by atoms with E-state index in [1.807, 2.05) is 6.92 Å². The van der Waals surface area contributed by atoms with Crippen LogP contribution in [0.15, 0.2) is 0 Å². The van der Waals surface area contributed by atoms with Crippen LogP contribution in [0.25, 0.3) is 0 Å². The average Bonchev–Trinajstić information content (AvgIpc) is 2.03. The van der Waals surface area contributed by atoms with Crippen molar-refractivity contribution in [3.63, 3.8) is 0 Å². The first kappa shape index (κ1) is 9.83. The van der Waals surface area contributed by atoms with Gasteiger partial charge in [0, 0.05) is 6.54 Å². The Kier molecular flexibility index (Phi) is 2.75. The minimum Gasteiger partial charge on any atom is -0.465 e. The number of hydrogen-bond acceptors (Lipinski definition) is 2. The third-order valence-corrected chi connectivity index (χ3v) is 2.44. The fraction of sp³-hybridized carbons (Fsp3) is 0.750. The lowest BCUT2D eigenvalue weighted by Gasteiger charge is -2.34. The number of rotatable bonds is 1. The van der Waals surface area contributed by atoms with Gasteiger partial charge in [0.1, 0.15) is 6.04 Å². The van der Waals surface area contributed by atoms with Gasteiger partial charge in [0.05, 0.1) is 0 Å². The summed E-state index contributed by atoms with van der Waals surface area (Å²) in [4.78, 5) is 22.8. The standard InChI is InChI=1S/C8H14N2O3/c1-5-2-3-10(8(12)13)6(4-5)7(9)11/h5-6H,2-4H2,1H3,(H2,9,11)(H,12,13)/t5-,6-/m1/s1. The van der Waals surface area contributed by atoms with Crippen molar-refractivity contribution in [2.75, 3.05) is 6.54 Å². The summed E-state index contributed by atoms with van der Waals surface area (Å²) in [5, 5.41) is 8.76. The molecule has 13 heavy (non-hydrogen) atoms. The Morgan fingerprint density at radius 1 is 1.54 bits per heavy atom. The topological polar surface area (TPSA) is 83.6 Å². The van der Waals surface area contributed by atoms with E-state index in [1.54, 1.807) is 0 Å². The molecule has 0 radical (unpaired) electrons. The van der Waals surface area contributed by atoms with E-state index in [0.717, 1.165) is 11.3 Å². The highest BCUT2D eigenvalue weighted by Gasteiger charge is 2.33. The van der Waals surface area contributed by atoms with Gasteiger partial charge >= 0.3 is 6.09 Å². The molecule has 1 fully saturated rings. The molecule has 74 valence electrons. The third kappa shape index (κ3) is 2.11. The van der Waals surface area contributed by atoms with E-state index in [4.69, 9.17) is 10.8 Å². The Bertz CT molecular complexity index is 229. The molecule has 0 unspecified atom stereocenters. The van der Waals surface area contributed by atoms with E-state index in [2.05, 4.69) is 0 Å². The van der Waals surface area contributed by atoms with Crippen LogP contribution in [0.5, 0.6) is 0 Å². The fourth-order valence-electron chi connectivity index (χ4n) is 1.64. The summed E-state index contributed by atoms with van der Waals surface area (Å²) in [6.45, 7) is 2.40. The molecule has 5 nitrogen and oxygen atoms in total. The highest BCUT2D eigenvalue weighted by molar-refractivity contribution is 5.84. The van der Waals surface area contributed by atoms with Crippen LogP contribution in [0.2, 0.25) is 0 Å². The maximum Gasteiger partial charge on any atom is 0.407 e. The molecule has 0 bridgehead atoms. The van der Waals surface area contributed by atoms with E-state index in [-0.39, 0.29) is 0 Å². The number of nitrogens with two attached hydrogens (primary N) is 1. The van der Waals surface area contributed by atoms with Crippen molar-refractivity contribution in [1.82, 2.24) is 4.90 Å². The van der Waals surface area contributed by atoms with E-state index in [9.17, 15) is 9.59 Å². The van der Waals surface area contributed by atoms with Gasteiger partial charge in [-0.2, -0.15) is 0 Å². The lowest BCUT2D eigenvalue weighted by Crippen LogP contribution is -2.51. The molecule has 0 aromatic heterocycles. The molecule has 5 heteroatoms. The van der Waals surface area contributed by atoms with Gasteiger partial charge in [-0.15, -0.1) is 0 Å². The summed E-state index contributed by atoms with van der Waals surface area (Å²) < 4.78 is 0. The zero-order valence-electron chi connectivity index (χ0n) is 7.56. The van der Waals surface area contributed by atoms with Gasteiger partial charge in [0.25, 0.3) is 0 Å². The maximum absolute atomic E-state index is 10.9. The summed E-state index contributed by atoms with van der Waals surface area (Å²) in [5.74, 6) is -0.179. The Morgan fingerprint density at radius 3 is 2.62 bits per heavy atom. The third-order valence-electron chi connectivity index (χ3n) is 2.44. The van der Waals surface area contributed by atoms with Crippen LogP contribution >= 0.6 is 0 Å². The van der Waals surface area contributed by atoms with Crippen LogP contribution in [-0.2, 0) is 4.79 Å². The summed E-state index contributed by atoms with van der Waals surface area (Å²) in [5.41, 5.74) is 5.11. The molecule has 0 aliphatic carbocycles. The van der Waals surface area contributed by atoms with Gasteiger partial charge in [-0.3, -0.25) is 9.69 Å². The SMILES string of the molecule is C[C@@H]1CCN(C(=O)O)[C@@H](C(N)=O)C1. The van der Waals surface area contributed by atoms with Crippen molar-refractivity contribution >= 4 is 12.0 Å². The second-order valence-electron chi connectivity index (χ2n) is 3.52. The fourth-order valence-corrected chi connectivity index (χ4v) is 1.64. The second-order valence-corrected chi connectivity index (χ2v) is 3.52. The molecule has 2 amide bonds. The van der Waals surface area contributed by atoms with Gasteiger partial charge < -0.3 is 10.8 Å².